The van der Waals surface area contributed by atoms with Crippen LogP contribution in [-0.4, -0.2) is 45.0 Å². The normalized spacial score (nSPS) is 24.4. The Kier molecular flexibility index (Phi) is 5.07. The van der Waals surface area contributed by atoms with Crippen molar-refractivity contribution >= 4 is 29.2 Å². The van der Waals surface area contributed by atoms with Crippen molar-refractivity contribution in [2.75, 3.05) is 6.54 Å². The minimum absolute atomic E-state index is 0.0312. The van der Waals surface area contributed by atoms with E-state index in [2.05, 4.69) is 0 Å². The smallest absolute Gasteiger partial charge is 0.273 e. The number of hydrogen-bond acceptors (Lipinski definition) is 6. The van der Waals surface area contributed by atoms with Gasteiger partial charge < -0.3 is 0 Å². The standard InChI is InChI=1S/C24H18FN3O6/c25-17-7-3-13(4-8-17)19(29)12-26(22(30)14-5-9-18(10-6-14)28(33)34)27-23(31)20-15-1-2-16(11-15)21(20)24(27)32/h1-10,15-16,20-21H,11-12H2/t15-,16-,20+,21+/m0/s1. The highest BCUT2D eigenvalue weighted by Gasteiger charge is 2.61. The zero-order chi connectivity index (χ0) is 24.1. The van der Waals surface area contributed by atoms with Gasteiger partial charge in [0.25, 0.3) is 23.4 Å². The van der Waals surface area contributed by atoms with E-state index < -0.39 is 52.6 Å². The van der Waals surface area contributed by atoms with E-state index in [0.717, 1.165) is 34.3 Å². The number of halogens is 1. The molecular formula is C24H18FN3O6. The van der Waals surface area contributed by atoms with Crippen molar-refractivity contribution in [3.05, 3.63) is 87.7 Å². The highest BCUT2D eigenvalue weighted by Crippen LogP contribution is 2.52. The molecule has 1 heterocycles. The maximum Gasteiger partial charge on any atom is 0.273 e. The van der Waals surface area contributed by atoms with E-state index >= 15 is 0 Å². The Morgan fingerprint density at radius 2 is 1.47 bits per heavy atom. The van der Waals surface area contributed by atoms with Gasteiger partial charge in [0.1, 0.15) is 12.4 Å². The Morgan fingerprint density at radius 1 is 0.941 bits per heavy atom. The van der Waals surface area contributed by atoms with Crippen molar-refractivity contribution < 1.29 is 28.5 Å². The van der Waals surface area contributed by atoms with Gasteiger partial charge in [-0.25, -0.2) is 9.40 Å². The first kappa shape index (κ1) is 21.6. The fourth-order valence-corrected chi connectivity index (χ4v) is 5.10. The van der Waals surface area contributed by atoms with Gasteiger partial charge in [0, 0.05) is 23.3 Å². The minimum Gasteiger partial charge on any atom is -0.292 e. The number of nitrogens with zero attached hydrogens (tertiary/aromatic N) is 3. The molecule has 2 aliphatic carbocycles. The molecule has 5 rings (SSSR count). The summed E-state index contributed by atoms with van der Waals surface area (Å²) in [5.74, 6) is -4.44. The molecule has 2 bridgehead atoms. The first-order chi connectivity index (χ1) is 16.3. The molecule has 3 aliphatic rings. The Balaban J connectivity index is 1.49. The summed E-state index contributed by atoms with van der Waals surface area (Å²) < 4.78 is 13.3. The second-order valence-corrected chi connectivity index (χ2v) is 8.59. The topological polar surface area (TPSA) is 118 Å². The van der Waals surface area contributed by atoms with E-state index in [0.29, 0.717) is 6.42 Å². The molecule has 172 valence electrons. The van der Waals surface area contributed by atoms with Gasteiger partial charge in [-0.3, -0.25) is 29.3 Å². The average molecular weight is 463 g/mol. The molecule has 0 spiro atoms. The molecule has 1 aliphatic heterocycles. The first-order valence-electron chi connectivity index (χ1n) is 10.7. The highest BCUT2D eigenvalue weighted by molar-refractivity contribution is 6.10. The summed E-state index contributed by atoms with van der Waals surface area (Å²) in [7, 11) is 0. The van der Waals surface area contributed by atoms with Crippen LogP contribution < -0.4 is 0 Å². The first-order valence-corrected chi connectivity index (χ1v) is 10.7. The predicted molar refractivity (Wildman–Crippen MR) is 114 cm³/mol. The Morgan fingerprint density at radius 3 is 2.00 bits per heavy atom. The lowest BCUT2D eigenvalue weighted by molar-refractivity contribution is -0.384. The number of amides is 3. The van der Waals surface area contributed by atoms with Crippen LogP contribution in [-0.2, 0) is 9.59 Å². The number of nitro groups is 1. The summed E-state index contributed by atoms with van der Waals surface area (Å²) >= 11 is 0. The minimum atomic E-state index is -0.827. The molecule has 34 heavy (non-hydrogen) atoms. The van der Waals surface area contributed by atoms with Gasteiger partial charge in [0.15, 0.2) is 5.78 Å². The van der Waals surface area contributed by atoms with Crippen molar-refractivity contribution in [2.24, 2.45) is 23.7 Å². The van der Waals surface area contributed by atoms with Gasteiger partial charge in [0.05, 0.1) is 16.8 Å². The van der Waals surface area contributed by atoms with Crippen molar-refractivity contribution in [3.8, 4) is 0 Å². The molecule has 9 nitrogen and oxygen atoms in total. The van der Waals surface area contributed by atoms with E-state index in [1.807, 2.05) is 12.2 Å². The van der Waals surface area contributed by atoms with Gasteiger partial charge in [0.2, 0.25) is 0 Å². The van der Waals surface area contributed by atoms with Crippen molar-refractivity contribution in [1.29, 1.82) is 0 Å². The largest absolute Gasteiger partial charge is 0.292 e. The van der Waals surface area contributed by atoms with Crippen LogP contribution in [0.15, 0.2) is 60.7 Å². The van der Waals surface area contributed by atoms with E-state index in [1.54, 1.807) is 0 Å². The molecule has 0 radical (unpaired) electrons. The van der Waals surface area contributed by atoms with E-state index in [4.69, 9.17) is 0 Å². The second-order valence-electron chi connectivity index (χ2n) is 8.59. The van der Waals surface area contributed by atoms with Crippen LogP contribution in [0, 0.1) is 39.6 Å². The van der Waals surface area contributed by atoms with Crippen LogP contribution in [0.5, 0.6) is 0 Å². The maximum atomic E-state index is 13.4. The van der Waals surface area contributed by atoms with E-state index in [1.165, 1.54) is 24.3 Å². The number of imide groups is 1. The van der Waals surface area contributed by atoms with E-state index in [9.17, 15) is 33.7 Å². The number of rotatable bonds is 6. The Hall–Kier alpha value is -4.21. The average Bonchev–Trinajstić information content (AvgIpc) is 3.51. The Labute approximate surface area is 192 Å². The summed E-state index contributed by atoms with van der Waals surface area (Å²) in [6.45, 7) is -0.638. The van der Waals surface area contributed by atoms with Gasteiger partial charge >= 0.3 is 0 Å². The molecule has 3 amide bonds. The monoisotopic (exact) mass is 463 g/mol. The molecule has 0 aromatic heterocycles. The maximum absolute atomic E-state index is 13.4. The molecule has 0 N–H and O–H groups in total. The van der Waals surface area contributed by atoms with Crippen LogP contribution in [0.25, 0.3) is 0 Å². The molecule has 1 saturated heterocycles. The molecule has 2 fully saturated rings. The molecule has 10 heteroatoms. The van der Waals surface area contributed by atoms with Crippen LogP contribution in [0.1, 0.15) is 27.1 Å². The number of allylic oxidation sites excluding steroid dienone is 2. The molecule has 1 saturated carbocycles. The number of hydrazine groups is 1. The SMILES string of the molecule is O=C(CN(C(=O)c1ccc([N+](=O)[O-])cc1)N1C(=O)[C@H]2[C@H](C1=O)[C@H]1C=C[C@H]2C1)c1ccc(F)cc1. The number of carbonyl (C=O) groups excluding carboxylic acids is 4. The van der Waals surface area contributed by atoms with Gasteiger partial charge in [-0.15, -0.1) is 0 Å². The van der Waals surface area contributed by atoms with E-state index in [-0.39, 0.29) is 28.7 Å². The summed E-state index contributed by atoms with van der Waals surface area (Å²) in [5.41, 5.74) is -0.170. The number of carbonyl (C=O) groups is 4. The molecular weight excluding hydrogens is 445 g/mol. The van der Waals surface area contributed by atoms with Gasteiger partial charge in [-0.05, 0) is 54.7 Å². The third kappa shape index (κ3) is 3.38. The Bertz CT molecular complexity index is 1230. The predicted octanol–water partition coefficient (Wildman–Crippen LogP) is 2.78. The fraction of sp³-hybridized carbons (Fsp3) is 0.250. The van der Waals surface area contributed by atoms with Crippen molar-refractivity contribution in [3.63, 3.8) is 0 Å². The zero-order valence-corrected chi connectivity index (χ0v) is 17.7. The third-order valence-corrected chi connectivity index (χ3v) is 6.71. The summed E-state index contributed by atoms with van der Waals surface area (Å²) in [5, 5.41) is 12.5. The van der Waals surface area contributed by atoms with Crippen molar-refractivity contribution in [2.45, 2.75) is 6.42 Å². The zero-order valence-electron chi connectivity index (χ0n) is 17.7. The molecule has 2 aromatic carbocycles. The summed E-state index contributed by atoms with van der Waals surface area (Å²) in [6, 6.07) is 9.34. The van der Waals surface area contributed by atoms with Crippen LogP contribution in [0.4, 0.5) is 10.1 Å². The highest BCUT2D eigenvalue weighted by atomic mass is 19.1. The quantitative estimate of drug-likeness (QED) is 0.214. The van der Waals surface area contributed by atoms with Gasteiger partial charge in [-0.1, -0.05) is 12.2 Å². The number of fused-ring (bicyclic) bond motifs is 5. The number of benzene rings is 2. The van der Waals surface area contributed by atoms with Crippen molar-refractivity contribution in [1.82, 2.24) is 10.0 Å². The third-order valence-electron chi connectivity index (χ3n) is 6.71. The van der Waals surface area contributed by atoms with Crippen LogP contribution in [0.2, 0.25) is 0 Å². The number of non-ortho nitro benzene ring substituents is 1. The lowest BCUT2D eigenvalue weighted by Crippen LogP contribution is -2.52. The molecule has 0 unspecified atom stereocenters. The summed E-state index contributed by atoms with van der Waals surface area (Å²) in [4.78, 5) is 63.3. The molecule has 4 atom stereocenters. The summed E-state index contributed by atoms with van der Waals surface area (Å²) in [6.07, 6.45) is 4.52. The van der Waals surface area contributed by atoms with Gasteiger partial charge in [-0.2, -0.15) is 5.01 Å². The lowest BCUT2D eigenvalue weighted by Gasteiger charge is -2.30. The molecule has 2 aromatic rings. The fourth-order valence-electron chi connectivity index (χ4n) is 5.10. The number of Topliss-reactive ketones (excluding diaryl/α,β-unsaturated/α-hetero) is 1. The van der Waals surface area contributed by atoms with Crippen LogP contribution in [0.3, 0.4) is 0 Å². The number of nitro benzene ring substituents is 1. The lowest BCUT2D eigenvalue weighted by atomic mass is 9.85. The number of ketones is 1. The number of hydrogen-bond donors (Lipinski definition) is 0. The second kappa shape index (κ2) is 7.98. The van der Waals surface area contributed by atoms with Crippen LogP contribution >= 0.6 is 0 Å².